The van der Waals surface area contributed by atoms with Crippen LogP contribution in [0.5, 0.6) is 0 Å². The fraction of sp³-hybridized carbons (Fsp3) is 0.192. The van der Waals surface area contributed by atoms with Crippen LogP contribution in [-0.4, -0.2) is 20.4 Å². The zero-order valence-electron chi connectivity index (χ0n) is 17.9. The Kier molecular flexibility index (Phi) is 5.12. The first-order valence-corrected chi connectivity index (χ1v) is 12.3. The molecule has 0 bridgehead atoms. The van der Waals surface area contributed by atoms with Gasteiger partial charge in [-0.25, -0.2) is 4.98 Å². The highest BCUT2D eigenvalue weighted by Crippen LogP contribution is 2.33. The van der Waals surface area contributed by atoms with E-state index >= 15 is 0 Å². The van der Waals surface area contributed by atoms with Gasteiger partial charge in [0, 0.05) is 39.1 Å². The molecule has 1 aliphatic carbocycles. The Bertz CT molecular complexity index is 1590. The largest absolute Gasteiger partial charge is 0.342 e. The molecule has 0 unspecified atom stereocenters. The van der Waals surface area contributed by atoms with Crippen molar-refractivity contribution < 1.29 is 0 Å². The fourth-order valence-corrected chi connectivity index (χ4v) is 6.08. The second-order valence-corrected chi connectivity index (χ2v) is 9.84. The van der Waals surface area contributed by atoms with Crippen molar-refractivity contribution in [3.05, 3.63) is 98.0 Å². The monoisotopic (exact) mass is 472 g/mol. The SMILES string of the molecule is O=c1c2c3c(sc2ncn1/N=C\c1cn(Cc2ccccc2Cl)c2ccccc12)CCCC3. The minimum Gasteiger partial charge on any atom is -0.342 e. The van der Waals surface area contributed by atoms with Gasteiger partial charge in [0.15, 0.2) is 0 Å². The first kappa shape index (κ1) is 20.4. The van der Waals surface area contributed by atoms with Crippen LogP contribution in [0.4, 0.5) is 0 Å². The van der Waals surface area contributed by atoms with Crippen LogP contribution in [0.25, 0.3) is 21.1 Å². The van der Waals surface area contributed by atoms with Gasteiger partial charge >= 0.3 is 0 Å². The number of thiophene rings is 1. The molecular formula is C26H21ClN4OS. The molecule has 0 N–H and O–H groups in total. The highest BCUT2D eigenvalue weighted by Gasteiger charge is 2.20. The van der Waals surface area contributed by atoms with Gasteiger partial charge in [-0.2, -0.15) is 9.78 Å². The van der Waals surface area contributed by atoms with Crippen LogP contribution in [0.2, 0.25) is 5.02 Å². The van der Waals surface area contributed by atoms with Crippen LogP contribution >= 0.6 is 22.9 Å². The number of aryl methyl sites for hydroxylation is 2. The summed E-state index contributed by atoms with van der Waals surface area (Å²) >= 11 is 8.05. The molecular weight excluding hydrogens is 452 g/mol. The zero-order valence-corrected chi connectivity index (χ0v) is 19.4. The molecule has 0 saturated carbocycles. The molecule has 0 radical (unpaired) electrons. The van der Waals surface area contributed by atoms with Gasteiger partial charge in [-0.15, -0.1) is 11.3 Å². The molecule has 33 heavy (non-hydrogen) atoms. The van der Waals surface area contributed by atoms with Gasteiger partial charge in [0.1, 0.15) is 11.2 Å². The van der Waals surface area contributed by atoms with Gasteiger partial charge in [-0.3, -0.25) is 4.79 Å². The highest BCUT2D eigenvalue weighted by molar-refractivity contribution is 7.18. The molecule has 164 valence electrons. The first-order valence-electron chi connectivity index (χ1n) is 11.1. The van der Waals surface area contributed by atoms with Gasteiger partial charge in [0.2, 0.25) is 0 Å². The molecule has 0 saturated heterocycles. The van der Waals surface area contributed by atoms with Gasteiger partial charge in [-0.1, -0.05) is 48.0 Å². The molecule has 0 fully saturated rings. The summed E-state index contributed by atoms with van der Waals surface area (Å²) in [5.41, 5.74) is 4.18. The van der Waals surface area contributed by atoms with Crippen molar-refractivity contribution in [1.82, 2.24) is 14.2 Å². The van der Waals surface area contributed by atoms with Crippen molar-refractivity contribution in [3.63, 3.8) is 0 Å². The Hall–Kier alpha value is -3.22. The topological polar surface area (TPSA) is 52.2 Å². The lowest BCUT2D eigenvalue weighted by Crippen LogP contribution is -2.18. The Morgan fingerprint density at radius 1 is 1.09 bits per heavy atom. The molecule has 5 nitrogen and oxygen atoms in total. The van der Waals surface area contributed by atoms with Crippen LogP contribution in [0, 0.1) is 0 Å². The third kappa shape index (κ3) is 3.59. The molecule has 0 amide bonds. The maximum Gasteiger partial charge on any atom is 0.282 e. The number of fused-ring (bicyclic) bond motifs is 4. The van der Waals surface area contributed by atoms with Crippen LogP contribution in [0.1, 0.15) is 34.4 Å². The van der Waals surface area contributed by atoms with Crippen molar-refractivity contribution in [3.8, 4) is 0 Å². The van der Waals surface area contributed by atoms with Crippen molar-refractivity contribution in [2.75, 3.05) is 0 Å². The number of halogens is 1. The molecule has 6 rings (SSSR count). The quantitative estimate of drug-likeness (QED) is 0.307. The maximum atomic E-state index is 13.2. The molecule has 3 aromatic heterocycles. The fourth-order valence-electron chi connectivity index (χ4n) is 4.66. The van der Waals surface area contributed by atoms with E-state index in [9.17, 15) is 4.79 Å². The number of rotatable bonds is 4. The van der Waals surface area contributed by atoms with E-state index < -0.39 is 0 Å². The van der Waals surface area contributed by atoms with Crippen LogP contribution in [-0.2, 0) is 19.4 Å². The lowest BCUT2D eigenvalue weighted by atomic mass is 9.97. The van der Waals surface area contributed by atoms with Crippen LogP contribution in [0.15, 0.2) is 71.0 Å². The van der Waals surface area contributed by atoms with E-state index in [1.54, 1.807) is 17.6 Å². The lowest BCUT2D eigenvalue weighted by Gasteiger charge is -2.09. The van der Waals surface area contributed by atoms with Crippen molar-refractivity contribution in [2.45, 2.75) is 32.2 Å². The van der Waals surface area contributed by atoms with Crippen LogP contribution < -0.4 is 5.56 Å². The summed E-state index contributed by atoms with van der Waals surface area (Å²) in [5.74, 6) is 0. The smallest absolute Gasteiger partial charge is 0.282 e. The summed E-state index contributed by atoms with van der Waals surface area (Å²) in [6.45, 7) is 0.655. The van der Waals surface area contributed by atoms with E-state index in [0.717, 1.165) is 56.5 Å². The van der Waals surface area contributed by atoms with Crippen molar-refractivity contribution >= 4 is 50.3 Å². The molecule has 3 heterocycles. The average molecular weight is 473 g/mol. The predicted molar refractivity (Wildman–Crippen MR) is 136 cm³/mol. The molecule has 2 aromatic carbocycles. The second-order valence-electron chi connectivity index (χ2n) is 8.35. The summed E-state index contributed by atoms with van der Waals surface area (Å²) in [6, 6.07) is 16.1. The van der Waals surface area contributed by atoms with E-state index in [-0.39, 0.29) is 5.56 Å². The maximum absolute atomic E-state index is 13.2. The Balaban J connectivity index is 1.41. The Labute approximate surface area is 199 Å². The predicted octanol–water partition coefficient (Wildman–Crippen LogP) is 5.88. The van der Waals surface area contributed by atoms with Gasteiger partial charge in [-0.05, 0) is 48.9 Å². The van der Waals surface area contributed by atoms with E-state index in [1.807, 2.05) is 36.4 Å². The van der Waals surface area contributed by atoms with E-state index in [1.165, 1.54) is 27.9 Å². The van der Waals surface area contributed by atoms with Gasteiger partial charge in [0.05, 0.1) is 11.6 Å². The van der Waals surface area contributed by atoms with E-state index in [0.29, 0.717) is 6.54 Å². The minimum atomic E-state index is -0.0875. The molecule has 1 aliphatic rings. The minimum absolute atomic E-state index is 0.0875. The molecule has 0 spiro atoms. The van der Waals surface area contributed by atoms with Crippen molar-refractivity contribution in [2.24, 2.45) is 5.10 Å². The van der Waals surface area contributed by atoms with E-state index in [4.69, 9.17) is 11.6 Å². The van der Waals surface area contributed by atoms with Crippen molar-refractivity contribution in [1.29, 1.82) is 0 Å². The summed E-state index contributed by atoms with van der Waals surface area (Å²) in [4.78, 5) is 19.9. The number of aromatic nitrogens is 3. The average Bonchev–Trinajstić information content (AvgIpc) is 3.39. The first-order chi connectivity index (χ1) is 16.2. The van der Waals surface area contributed by atoms with E-state index in [2.05, 4.69) is 33.0 Å². The summed E-state index contributed by atoms with van der Waals surface area (Å²) < 4.78 is 3.53. The Morgan fingerprint density at radius 2 is 1.91 bits per heavy atom. The van der Waals surface area contributed by atoms with Gasteiger partial charge in [0.25, 0.3) is 5.56 Å². The third-order valence-electron chi connectivity index (χ3n) is 6.30. The zero-order chi connectivity index (χ0) is 22.4. The Morgan fingerprint density at radius 3 is 2.82 bits per heavy atom. The standard InChI is InChI=1S/C26H21ClN4OS/c27-21-10-4-1-7-17(21)14-30-15-18(19-8-2-5-11-22(19)30)13-29-31-16-28-25-24(26(31)32)20-9-3-6-12-23(20)33-25/h1-2,4-5,7-8,10-11,13,15-16H,3,6,9,12,14H2/b29-13-. The lowest BCUT2D eigenvalue weighted by molar-refractivity contribution is 0.699. The van der Waals surface area contributed by atoms with Gasteiger partial charge < -0.3 is 4.57 Å². The van der Waals surface area contributed by atoms with Crippen LogP contribution in [0.3, 0.4) is 0 Å². The number of benzene rings is 2. The molecule has 0 aliphatic heterocycles. The molecule has 7 heteroatoms. The highest BCUT2D eigenvalue weighted by atomic mass is 35.5. The third-order valence-corrected chi connectivity index (χ3v) is 7.87. The number of hydrogen-bond donors (Lipinski definition) is 0. The summed E-state index contributed by atoms with van der Waals surface area (Å²) in [5, 5.41) is 7.09. The molecule has 5 aromatic rings. The summed E-state index contributed by atoms with van der Waals surface area (Å²) in [6.07, 6.45) is 9.65. The second kappa shape index (κ2) is 8.28. The number of hydrogen-bond acceptors (Lipinski definition) is 4. The molecule has 0 atom stereocenters. The number of para-hydroxylation sites is 1. The summed E-state index contributed by atoms with van der Waals surface area (Å²) in [7, 11) is 0. The number of nitrogens with zero attached hydrogens (tertiary/aromatic N) is 4. The normalized spacial score (nSPS) is 13.8.